The van der Waals surface area contributed by atoms with Gasteiger partial charge in [-0.3, -0.25) is 4.79 Å². The fourth-order valence-electron chi connectivity index (χ4n) is 1.79. The number of carbonyl (C=O) groups excluding carboxylic acids is 1. The van der Waals surface area contributed by atoms with Crippen LogP contribution in [0.1, 0.15) is 23.2 Å². The van der Waals surface area contributed by atoms with Crippen molar-refractivity contribution < 1.29 is 17.6 Å². The van der Waals surface area contributed by atoms with Crippen molar-refractivity contribution in [3.63, 3.8) is 0 Å². The molecule has 1 aliphatic carbocycles. The zero-order chi connectivity index (χ0) is 14.8. The van der Waals surface area contributed by atoms with Crippen LogP contribution in [0.5, 0.6) is 0 Å². The molecule has 2 rings (SSSR count). The van der Waals surface area contributed by atoms with E-state index < -0.39 is 10.0 Å². The fraction of sp³-hybridized carbons (Fsp3) is 0.462. The minimum absolute atomic E-state index is 0.190. The zero-order valence-corrected chi connectivity index (χ0v) is 11.9. The number of terminal acetylenes is 1. The Hall–Kier alpha value is -1.78. The molecular formula is C13H16N2O4S. The van der Waals surface area contributed by atoms with Crippen LogP contribution in [0.3, 0.4) is 0 Å². The van der Waals surface area contributed by atoms with E-state index in [1.807, 2.05) is 0 Å². The van der Waals surface area contributed by atoms with E-state index in [0.29, 0.717) is 12.5 Å². The van der Waals surface area contributed by atoms with Crippen molar-refractivity contribution in [2.75, 3.05) is 20.1 Å². The quantitative estimate of drug-likeness (QED) is 0.783. The van der Waals surface area contributed by atoms with Gasteiger partial charge >= 0.3 is 0 Å². The van der Waals surface area contributed by atoms with Gasteiger partial charge in [0.25, 0.3) is 15.9 Å². The third-order valence-electron chi connectivity index (χ3n) is 3.10. The highest BCUT2D eigenvalue weighted by Crippen LogP contribution is 2.30. The SMILES string of the molecule is C#CCN(CC1CC1)C(=O)c1coc(S(=O)(=O)NC)c1. The Balaban J connectivity index is 2.17. The zero-order valence-electron chi connectivity index (χ0n) is 11.1. The lowest BCUT2D eigenvalue weighted by atomic mass is 10.2. The number of hydrogen-bond acceptors (Lipinski definition) is 4. The Kier molecular flexibility index (Phi) is 4.16. The average molecular weight is 296 g/mol. The molecule has 108 valence electrons. The molecule has 6 nitrogen and oxygen atoms in total. The van der Waals surface area contributed by atoms with Crippen LogP contribution in [-0.2, 0) is 10.0 Å². The van der Waals surface area contributed by atoms with Crippen LogP contribution in [0.25, 0.3) is 0 Å². The third-order valence-corrected chi connectivity index (χ3v) is 4.38. The first-order chi connectivity index (χ1) is 9.47. The van der Waals surface area contributed by atoms with Crippen LogP contribution in [0, 0.1) is 18.3 Å². The molecule has 0 atom stereocenters. The largest absolute Gasteiger partial charge is 0.451 e. The summed E-state index contributed by atoms with van der Waals surface area (Å²) in [6.07, 6.45) is 8.60. The summed E-state index contributed by atoms with van der Waals surface area (Å²) in [5, 5.41) is -0.282. The molecule has 1 aromatic rings. The third kappa shape index (κ3) is 3.21. The monoisotopic (exact) mass is 296 g/mol. The molecule has 1 saturated carbocycles. The van der Waals surface area contributed by atoms with Crippen LogP contribution in [-0.4, -0.2) is 39.4 Å². The summed E-state index contributed by atoms with van der Waals surface area (Å²) in [6, 6.07) is 1.21. The number of nitrogens with one attached hydrogen (secondary N) is 1. The summed E-state index contributed by atoms with van der Waals surface area (Å²) in [6.45, 7) is 0.803. The Morgan fingerprint density at radius 1 is 1.60 bits per heavy atom. The van der Waals surface area contributed by atoms with E-state index in [4.69, 9.17) is 10.8 Å². The Morgan fingerprint density at radius 2 is 2.30 bits per heavy atom. The summed E-state index contributed by atoms with van der Waals surface area (Å²) in [4.78, 5) is 13.8. The number of furan rings is 1. The molecule has 0 aliphatic heterocycles. The van der Waals surface area contributed by atoms with Crippen molar-refractivity contribution in [2.45, 2.75) is 17.9 Å². The van der Waals surface area contributed by atoms with Crippen molar-refractivity contribution in [3.8, 4) is 12.3 Å². The molecule has 1 heterocycles. The second-order valence-corrected chi connectivity index (χ2v) is 6.51. The van der Waals surface area contributed by atoms with E-state index in [-0.39, 0.29) is 23.1 Å². The maximum atomic E-state index is 12.3. The van der Waals surface area contributed by atoms with Gasteiger partial charge in [0.05, 0.1) is 12.1 Å². The smallest absolute Gasteiger partial charge is 0.273 e. The van der Waals surface area contributed by atoms with E-state index >= 15 is 0 Å². The van der Waals surface area contributed by atoms with Gasteiger partial charge in [-0.1, -0.05) is 5.92 Å². The van der Waals surface area contributed by atoms with Gasteiger partial charge in [-0.05, 0) is 25.8 Å². The number of carbonyl (C=O) groups is 1. The highest BCUT2D eigenvalue weighted by atomic mass is 32.2. The number of hydrogen-bond donors (Lipinski definition) is 1. The van der Waals surface area contributed by atoms with Gasteiger partial charge in [0.1, 0.15) is 6.26 Å². The predicted octanol–water partition coefficient (Wildman–Crippen LogP) is 0.673. The van der Waals surface area contributed by atoms with E-state index in [1.165, 1.54) is 18.0 Å². The van der Waals surface area contributed by atoms with E-state index in [9.17, 15) is 13.2 Å². The first kappa shape index (κ1) is 14.6. The van der Waals surface area contributed by atoms with Crippen LogP contribution >= 0.6 is 0 Å². The molecule has 0 aromatic carbocycles. The van der Waals surface area contributed by atoms with Gasteiger partial charge < -0.3 is 9.32 Å². The minimum Gasteiger partial charge on any atom is -0.451 e. The van der Waals surface area contributed by atoms with E-state index in [1.54, 1.807) is 0 Å². The van der Waals surface area contributed by atoms with Gasteiger partial charge in [-0.15, -0.1) is 6.42 Å². The molecule has 0 unspecified atom stereocenters. The summed E-state index contributed by atoms with van der Waals surface area (Å²) < 4.78 is 30.2. The molecule has 0 bridgehead atoms. The van der Waals surface area contributed by atoms with E-state index in [2.05, 4.69) is 10.6 Å². The normalized spacial score (nSPS) is 14.8. The number of nitrogens with zero attached hydrogens (tertiary/aromatic N) is 1. The van der Waals surface area contributed by atoms with E-state index in [0.717, 1.165) is 19.1 Å². The van der Waals surface area contributed by atoms with Crippen LogP contribution < -0.4 is 4.72 Å². The van der Waals surface area contributed by atoms with Crippen LogP contribution in [0.4, 0.5) is 0 Å². The van der Waals surface area contributed by atoms with Crippen LogP contribution in [0.15, 0.2) is 21.8 Å². The lowest BCUT2D eigenvalue weighted by molar-refractivity contribution is 0.0769. The van der Waals surface area contributed by atoms with Crippen molar-refractivity contribution in [1.82, 2.24) is 9.62 Å². The summed E-state index contributed by atoms with van der Waals surface area (Å²) in [5.74, 6) is 2.63. The Morgan fingerprint density at radius 3 is 2.85 bits per heavy atom. The van der Waals surface area contributed by atoms with Crippen molar-refractivity contribution in [2.24, 2.45) is 5.92 Å². The minimum atomic E-state index is -3.69. The molecule has 0 spiro atoms. The van der Waals surface area contributed by atoms with Crippen molar-refractivity contribution >= 4 is 15.9 Å². The second-order valence-electron chi connectivity index (χ2n) is 4.70. The topological polar surface area (TPSA) is 79.6 Å². The molecule has 1 aromatic heterocycles. The summed E-state index contributed by atoms with van der Waals surface area (Å²) in [5.41, 5.74) is 0.190. The van der Waals surface area contributed by atoms with Gasteiger partial charge in [0.2, 0.25) is 5.09 Å². The second kappa shape index (κ2) is 5.69. The number of amides is 1. The first-order valence-corrected chi connectivity index (χ1v) is 7.71. The maximum Gasteiger partial charge on any atom is 0.273 e. The fourth-order valence-corrected chi connectivity index (χ4v) is 2.45. The molecule has 1 N–H and O–H groups in total. The van der Waals surface area contributed by atoms with Gasteiger partial charge in [0.15, 0.2) is 0 Å². The average Bonchev–Trinajstić information content (AvgIpc) is 3.09. The summed E-state index contributed by atoms with van der Waals surface area (Å²) in [7, 11) is -2.41. The van der Waals surface area contributed by atoms with Crippen LogP contribution in [0.2, 0.25) is 0 Å². The highest BCUT2D eigenvalue weighted by molar-refractivity contribution is 7.89. The molecular weight excluding hydrogens is 280 g/mol. The number of rotatable bonds is 6. The van der Waals surface area contributed by atoms with Gasteiger partial charge in [-0.25, -0.2) is 13.1 Å². The molecule has 0 radical (unpaired) electrons. The molecule has 0 saturated heterocycles. The van der Waals surface area contributed by atoms with Gasteiger partial charge in [0, 0.05) is 12.6 Å². The molecule has 1 amide bonds. The standard InChI is InChI=1S/C13H16N2O4S/c1-3-6-15(8-10-4-5-10)13(16)11-7-12(19-9-11)20(17,18)14-2/h1,7,9-10,14H,4-6,8H2,2H3. The molecule has 20 heavy (non-hydrogen) atoms. The molecule has 1 aliphatic rings. The predicted molar refractivity (Wildman–Crippen MR) is 72.4 cm³/mol. The highest BCUT2D eigenvalue weighted by Gasteiger charge is 2.28. The Bertz CT molecular complexity index is 638. The number of sulfonamides is 1. The lowest BCUT2D eigenvalue weighted by Gasteiger charge is -2.18. The van der Waals surface area contributed by atoms with Crippen molar-refractivity contribution in [3.05, 3.63) is 17.9 Å². The molecule has 1 fully saturated rings. The van der Waals surface area contributed by atoms with Gasteiger partial charge in [-0.2, -0.15) is 0 Å². The Labute approximate surface area is 118 Å². The lowest BCUT2D eigenvalue weighted by Crippen LogP contribution is -2.33. The first-order valence-electron chi connectivity index (χ1n) is 6.22. The van der Waals surface area contributed by atoms with Crippen molar-refractivity contribution in [1.29, 1.82) is 0 Å². The summed E-state index contributed by atoms with van der Waals surface area (Å²) >= 11 is 0. The molecule has 7 heteroatoms. The maximum absolute atomic E-state index is 12.3.